The average Bonchev–Trinajstić information content (AvgIpc) is 2.28. The summed E-state index contributed by atoms with van der Waals surface area (Å²) in [6.45, 7) is 4.27. The summed E-state index contributed by atoms with van der Waals surface area (Å²) >= 11 is 5.85. The van der Waals surface area contributed by atoms with E-state index >= 15 is 0 Å². The van der Waals surface area contributed by atoms with Crippen LogP contribution in [0.15, 0.2) is 24.3 Å². The molecule has 3 heteroatoms. The standard InChI is InChI=1S/C14H23ClN2/c1-12(16)4-3-10-17(2)11-9-13-5-7-14(15)8-6-13/h5-8,12H,3-4,9-11,16H2,1-2H3. The van der Waals surface area contributed by atoms with Gasteiger partial charge in [0.25, 0.3) is 0 Å². The van der Waals surface area contributed by atoms with Gasteiger partial charge in [0, 0.05) is 17.6 Å². The smallest absolute Gasteiger partial charge is 0.0406 e. The van der Waals surface area contributed by atoms with E-state index in [0.717, 1.165) is 31.0 Å². The highest BCUT2D eigenvalue weighted by Gasteiger charge is 2.01. The van der Waals surface area contributed by atoms with E-state index in [4.69, 9.17) is 17.3 Å². The maximum Gasteiger partial charge on any atom is 0.0406 e. The van der Waals surface area contributed by atoms with Crippen molar-refractivity contribution < 1.29 is 0 Å². The van der Waals surface area contributed by atoms with E-state index in [1.165, 1.54) is 12.0 Å². The molecule has 1 rings (SSSR count). The Balaban J connectivity index is 2.19. The van der Waals surface area contributed by atoms with E-state index in [0.29, 0.717) is 6.04 Å². The number of nitrogens with zero attached hydrogens (tertiary/aromatic N) is 1. The molecule has 0 aliphatic carbocycles. The SMILES string of the molecule is CC(N)CCCN(C)CCc1ccc(Cl)cc1. The fourth-order valence-electron chi connectivity index (χ4n) is 1.77. The van der Waals surface area contributed by atoms with Crippen LogP contribution in [0, 0.1) is 0 Å². The molecule has 0 spiro atoms. The predicted octanol–water partition coefficient (Wildman–Crippen LogP) is 2.94. The van der Waals surface area contributed by atoms with Gasteiger partial charge in [-0.05, 0) is 57.5 Å². The minimum absolute atomic E-state index is 0.319. The molecule has 0 fully saturated rings. The van der Waals surface area contributed by atoms with Crippen molar-refractivity contribution >= 4 is 11.6 Å². The van der Waals surface area contributed by atoms with Crippen LogP contribution < -0.4 is 5.73 Å². The third-order valence-corrected chi connectivity index (χ3v) is 3.15. The molecule has 0 heterocycles. The van der Waals surface area contributed by atoms with Crippen LogP contribution >= 0.6 is 11.6 Å². The highest BCUT2D eigenvalue weighted by Crippen LogP contribution is 2.10. The van der Waals surface area contributed by atoms with E-state index in [1.807, 2.05) is 12.1 Å². The molecule has 0 aromatic heterocycles. The van der Waals surface area contributed by atoms with Gasteiger partial charge in [-0.1, -0.05) is 23.7 Å². The van der Waals surface area contributed by atoms with Crippen molar-refractivity contribution in [3.8, 4) is 0 Å². The van der Waals surface area contributed by atoms with Crippen LogP contribution in [0.3, 0.4) is 0 Å². The number of hydrogen-bond acceptors (Lipinski definition) is 2. The van der Waals surface area contributed by atoms with Gasteiger partial charge in [0.2, 0.25) is 0 Å². The Bertz CT molecular complexity index is 309. The lowest BCUT2D eigenvalue weighted by atomic mass is 10.1. The van der Waals surface area contributed by atoms with E-state index < -0.39 is 0 Å². The van der Waals surface area contributed by atoms with Crippen molar-refractivity contribution in [1.82, 2.24) is 4.90 Å². The minimum Gasteiger partial charge on any atom is -0.328 e. The molecule has 1 aromatic rings. The van der Waals surface area contributed by atoms with Gasteiger partial charge in [-0.2, -0.15) is 0 Å². The molecule has 0 amide bonds. The lowest BCUT2D eigenvalue weighted by Gasteiger charge is -2.17. The van der Waals surface area contributed by atoms with Crippen LogP contribution in [0.1, 0.15) is 25.3 Å². The normalized spacial score (nSPS) is 13.0. The van der Waals surface area contributed by atoms with Crippen LogP contribution in [-0.4, -0.2) is 31.1 Å². The zero-order chi connectivity index (χ0) is 12.7. The van der Waals surface area contributed by atoms with Gasteiger partial charge in [-0.25, -0.2) is 0 Å². The number of nitrogens with two attached hydrogens (primary N) is 1. The lowest BCUT2D eigenvalue weighted by molar-refractivity contribution is 0.326. The molecule has 96 valence electrons. The van der Waals surface area contributed by atoms with Crippen molar-refractivity contribution in [1.29, 1.82) is 0 Å². The van der Waals surface area contributed by atoms with E-state index in [1.54, 1.807) is 0 Å². The lowest BCUT2D eigenvalue weighted by Crippen LogP contribution is -2.24. The Kier molecular flexibility index (Phi) is 6.56. The maximum atomic E-state index is 5.85. The fraction of sp³-hybridized carbons (Fsp3) is 0.571. The second-order valence-corrected chi connectivity index (χ2v) is 5.24. The van der Waals surface area contributed by atoms with Gasteiger partial charge >= 0.3 is 0 Å². The van der Waals surface area contributed by atoms with Gasteiger partial charge in [0.15, 0.2) is 0 Å². The van der Waals surface area contributed by atoms with E-state index in [2.05, 4.69) is 31.0 Å². The summed E-state index contributed by atoms with van der Waals surface area (Å²) in [5.41, 5.74) is 7.07. The molecule has 2 nitrogen and oxygen atoms in total. The molecule has 0 saturated carbocycles. The molecular weight excluding hydrogens is 232 g/mol. The average molecular weight is 255 g/mol. The summed E-state index contributed by atoms with van der Waals surface area (Å²) in [7, 11) is 2.16. The number of rotatable bonds is 7. The Labute approximate surface area is 110 Å². The topological polar surface area (TPSA) is 29.3 Å². The fourth-order valence-corrected chi connectivity index (χ4v) is 1.89. The Morgan fingerprint density at radius 1 is 1.24 bits per heavy atom. The van der Waals surface area contributed by atoms with Gasteiger partial charge in [-0.3, -0.25) is 0 Å². The number of hydrogen-bond donors (Lipinski definition) is 1. The number of halogens is 1. The molecule has 0 saturated heterocycles. The van der Waals surface area contributed by atoms with Crippen LogP contribution in [0.4, 0.5) is 0 Å². The predicted molar refractivity (Wildman–Crippen MR) is 75.5 cm³/mol. The largest absolute Gasteiger partial charge is 0.328 e. The molecule has 0 radical (unpaired) electrons. The Morgan fingerprint density at radius 3 is 2.47 bits per heavy atom. The Morgan fingerprint density at radius 2 is 1.88 bits per heavy atom. The van der Waals surface area contributed by atoms with Gasteiger partial charge in [0.05, 0.1) is 0 Å². The number of likely N-dealkylation sites (N-methyl/N-ethyl adjacent to an activating group) is 1. The zero-order valence-corrected chi connectivity index (χ0v) is 11.6. The summed E-state index contributed by atoms with van der Waals surface area (Å²) in [6.07, 6.45) is 3.35. The van der Waals surface area contributed by atoms with Crippen LogP contribution in [0.2, 0.25) is 5.02 Å². The molecular formula is C14H23ClN2. The van der Waals surface area contributed by atoms with Crippen molar-refractivity contribution in [2.24, 2.45) is 5.73 Å². The second kappa shape index (κ2) is 7.70. The molecule has 1 aromatic carbocycles. The van der Waals surface area contributed by atoms with Gasteiger partial charge < -0.3 is 10.6 Å². The minimum atomic E-state index is 0.319. The first-order valence-corrected chi connectivity index (χ1v) is 6.64. The molecule has 1 unspecified atom stereocenters. The first-order valence-electron chi connectivity index (χ1n) is 6.26. The van der Waals surface area contributed by atoms with Gasteiger partial charge in [0.1, 0.15) is 0 Å². The molecule has 1 atom stereocenters. The quantitative estimate of drug-likeness (QED) is 0.811. The first kappa shape index (κ1) is 14.5. The third kappa shape index (κ3) is 6.67. The molecule has 0 aliphatic rings. The maximum absolute atomic E-state index is 5.85. The van der Waals surface area contributed by atoms with Crippen molar-refractivity contribution in [3.63, 3.8) is 0 Å². The molecule has 17 heavy (non-hydrogen) atoms. The van der Waals surface area contributed by atoms with Gasteiger partial charge in [-0.15, -0.1) is 0 Å². The summed E-state index contributed by atoms with van der Waals surface area (Å²) < 4.78 is 0. The van der Waals surface area contributed by atoms with Crippen molar-refractivity contribution in [2.75, 3.05) is 20.1 Å². The van der Waals surface area contributed by atoms with Crippen molar-refractivity contribution in [3.05, 3.63) is 34.9 Å². The van der Waals surface area contributed by atoms with Crippen LogP contribution in [0.25, 0.3) is 0 Å². The molecule has 0 bridgehead atoms. The molecule has 0 aliphatic heterocycles. The Hall–Kier alpha value is -0.570. The highest BCUT2D eigenvalue weighted by atomic mass is 35.5. The van der Waals surface area contributed by atoms with E-state index in [-0.39, 0.29) is 0 Å². The summed E-state index contributed by atoms with van der Waals surface area (Å²) in [5, 5.41) is 0.805. The monoisotopic (exact) mass is 254 g/mol. The van der Waals surface area contributed by atoms with E-state index in [9.17, 15) is 0 Å². The molecule has 2 N–H and O–H groups in total. The third-order valence-electron chi connectivity index (χ3n) is 2.89. The summed E-state index contributed by atoms with van der Waals surface area (Å²) in [5.74, 6) is 0. The van der Waals surface area contributed by atoms with Crippen LogP contribution in [0.5, 0.6) is 0 Å². The number of benzene rings is 1. The first-order chi connectivity index (χ1) is 8.08. The summed E-state index contributed by atoms with van der Waals surface area (Å²) in [6, 6.07) is 8.41. The highest BCUT2D eigenvalue weighted by molar-refractivity contribution is 6.30. The second-order valence-electron chi connectivity index (χ2n) is 4.80. The van der Waals surface area contributed by atoms with Crippen molar-refractivity contribution in [2.45, 2.75) is 32.2 Å². The zero-order valence-electron chi connectivity index (χ0n) is 10.8. The van der Waals surface area contributed by atoms with Crippen LogP contribution in [-0.2, 0) is 6.42 Å². The summed E-state index contributed by atoms with van der Waals surface area (Å²) in [4.78, 5) is 2.36.